The largest absolute Gasteiger partial charge is 0.504 e. The molecule has 1 fully saturated rings. The predicted molar refractivity (Wildman–Crippen MR) is 146 cm³/mol. The van der Waals surface area contributed by atoms with E-state index in [-0.39, 0.29) is 41.2 Å². The Morgan fingerprint density at radius 3 is 2.58 bits per heavy atom. The summed E-state index contributed by atoms with van der Waals surface area (Å²) in [7, 11) is 2.69. The number of alkyl halides is 1. The van der Waals surface area contributed by atoms with Crippen molar-refractivity contribution in [2.24, 2.45) is 12.8 Å². The van der Waals surface area contributed by atoms with Crippen LogP contribution in [0.1, 0.15) is 10.4 Å². The highest BCUT2D eigenvalue weighted by molar-refractivity contribution is 6.33. The van der Waals surface area contributed by atoms with Crippen molar-refractivity contribution < 1.29 is 37.0 Å². The lowest BCUT2D eigenvalue weighted by Crippen LogP contribution is -2.24. The van der Waals surface area contributed by atoms with Crippen LogP contribution >= 0.6 is 11.6 Å². The number of ether oxygens (including phenoxy) is 1. The highest BCUT2D eigenvalue weighted by atomic mass is 35.5. The Hall–Kier alpha value is -4.70. The number of phenols is 1. The average molecular weight is 624 g/mol. The third-order valence-corrected chi connectivity index (χ3v) is 7.35. The molecule has 2 amide bonds. The molecule has 1 saturated heterocycles. The number of carbonyl (C=O) groups is 2. The molecule has 5 rings (SSSR count). The van der Waals surface area contributed by atoms with Crippen molar-refractivity contribution in [3.8, 4) is 16.9 Å². The van der Waals surface area contributed by atoms with Gasteiger partial charge >= 0.3 is 0 Å². The van der Waals surface area contributed by atoms with Crippen molar-refractivity contribution in [3.05, 3.63) is 63.2 Å². The lowest BCUT2D eigenvalue weighted by Gasteiger charge is -2.18. The van der Waals surface area contributed by atoms with Crippen LogP contribution in [0.4, 0.5) is 29.1 Å². The minimum absolute atomic E-state index is 0.00616. The Bertz CT molecular complexity index is 1860. The van der Waals surface area contributed by atoms with Gasteiger partial charge in [-0.2, -0.15) is 8.78 Å². The highest BCUT2D eigenvalue weighted by Gasteiger charge is 2.34. The molecule has 0 unspecified atom stereocenters. The molecule has 0 radical (unpaired) electrons. The van der Waals surface area contributed by atoms with Crippen molar-refractivity contribution in [2.75, 3.05) is 30.4 Å². The van der Waals surface area contributed by atoms with E-state index < -0.39 is 75.7 Å². The lowest BCUT2D eigenvalue weighted by atomic mass is 10.0. The quantitative estimate of drug-likeness (QED) is 0.209. The van der Waals surface area contributed by atoms with Gasteiger partial charge in [-0.25, -0.2) is 18.7 Å². The van der Waals surface area contributed by atoms with Crippen LogP contribution in [0, 0.1) is 17.6 Å². The summed E-state index contributed by atoms with van der Waals surface area (Å²) in [6, 6.07) is 2.03. The molecule has 3 aromatic heterocycles. The maximum absolute atomic E-state index is 15.0. The standard InChI is InChI=1S/C26H22ClF4N7O5/c1-36-9-33-25-18(26(36)42)12(10-3-11(24(32)41)22(40)21(30)20(10)29)5-38(25)8-17(39)34-14-4-16(35-23(31)19(14)27)37-6-13(28)15(7-37)43-2/h3-5,9,13,15,40H,6-8H2,1-2H3,(H2,32,41)(H,34,35,39)/t13-,15+/m0/s1. The minimum atomic E-state index is -1.77. The Balaban J connectivity index is 1.53. The fourth-order valence-electron chi connectivity index (χ4n) is 4.82. The number of anilines is 2. The topological polar surface area (TPSA) is 158 Å². The van der Waals surface area contributed by atoms with Crippen molar-refractivity contribution >= 4 is 46.0 Å². The summed E-state index contributed by atoms with van der Waals surface area (Å²) in [5.74, 6) is -7.87. The molecule has 17 heteroatoms. The number of fused-ring (bicyclic) bond motifs is 1. The second-order valence-electron chi connectivity index (χ2n) is 9.72. The zero-order valence-electron chi connectivity index (χ0n) is 22.4. The van der Waals surface area contributed by atoms with E-state index in [1.54, 1.807) is 0 Å². The number of aromatic hydroxyl groups is 1. The van der Waals surface area contributed by atoms with Gasteiger partial charge in [0, 0.05) is 44.1 Å². The van der Waals surface area contributed by atoms with Crippen LogP contribution in [-0.2, 0) is 23.1 Å². The number of benzene rings is 1. The van der Waals surface area contributed by atoms with Gasteiger partial charge in [0.15, 0.2) is 11.6 Å². The summed E-state index contributed by atoms with van der Waals surface area (Å²) >= 11 is 6.04. The van der Waals surface area contributed by atoms with Gasteiger partial charge < -0.3 is 34.9 Å². The molecular weight excluding hydrogens is 602 g/mol. The fourth-order valence-corrected chi connectivity index (χ4v) is 4.96. The van der Waals surface area contributed by atoms with Crippen LogP contribution in [-0.4, -0.2) is 68.5 Å². The zero-order chi connectivity index (χ0) is 31.3. The molecule has 1 aromatic carbocycles. The van der Waals surface area contributed by atoms with Crippen LogP contribution in [0.15, 0.2) is 29.5 Å². The molecule has 4 heterocycles. The summed E-state index contributed by atoms with van der Waals surface area (Å²) in [5, 5.41) is 11.5. The smallest absolute Gasteiger partial charge is 0.263 e. The molecular formula is C26H22ClF4N7O5. The Morgan fingerprint density at radius 2 is 1.93 bits per heavy atom. The van der Waals surface area contributed by atoms with Gasteiger partial charge in [0.1, 0.15) is 35.3 Å². The van der Waals surface area contributed by atoms with Crippen LogP contribution < -0.4 is 21.5 Å². The van der Waals surface area contributed by atoms with E-state index in [4.69, 9.17) is 22.1 Å². The Labute approximate surface area is 244 Å². The molecule has 0 aliphatic carbocycles. The summed E-state index contributed by atoms with van der Waals surface area (Å²) in [5.41, 5.74) is 2.57. The first kappa shape index (κ1) is 29.8. The SMILES string of the molecule is CO[C@@H]1CN(c2cc(NC(=O)Cn3cc(-c4cc(C(N)=O)c(O)c(F)c4F)c4c(=O)n(C)cnc43)c(Cl)c(F)n2)C[C@@H]1F. The van der Waals surface area contributed by atoms with Gasteiger partial charge in [0.25, 0.3) is 11.5 Å². The molecule has 0 spiro atoms. The summed E-state index contributed by atoms with van der Waals surface area (Å²) < 4.78 is 65.6. The fraction of sp³-hybridized carbons (Fsp3) is 0.269. The highest BCUT2D eigenvalue weighted by Crippen LogP contribution is 2.36. The van der Waals surface area contributed by atoms with Gasteiger partial charge in [-0.1, -0.05) is 11.6 Å². The molecule has 4 N–H and O–H groups in total. The maximum atomic E-state index is 15.0. The first-order valence-electron chi connectivity index (χ1n) is 12.5. The van der Waals surface area contributed by atoms with Gasteiger partial charge in [-0.15, -0.1) is 0 Å². The van der Waals surface area contributed by atoms with Crippen LogP contribution in [0.25, 0.3) is 22.2 Å². The van der Waals surface area contributed by atoms with Gasteiger partial charge in [-0.3, -0.25) is 14.4 Å². The number of aromatic nitrogens is 4. The number of amides is 2. The molecule has 0 bridgehead atoms. The van der Waals surface area contributed by atoms with Crippen molar-refractivity contribution in [2.45, 2.75) is 18.8 Å². The van der Waals surface area contributed by atoms with E-state index in [2.05, 4.69) is 15.3 Å². The molecule has 2 atom stereocenters. The van der Waals surface area contributed by atoms with E-state index in [0.29, 0.717) is 0 Å². The number of rotatable bonds is 7. The zero-order valence-corrected chi connectivity index (χ0v) is 23.1. The number of hydrogen-bond acceptors (Lipinski definition) is 8. The van der Waals surface area contributed by atoms with E-state index in [1.807, 2.05) is 0 Å². The number of aryl methyl sites for hydroxylation is 1. The average Bonchev–Trinajstić information content (AvgIpc) is 3.51. The van der Waals surface area contributed by atoms with Gasteiger partial charge in [0.05, 0.1) is 29.5 Å². The summed E-state index contributed by atoms with van der Waals surface area (Å²) in [6.45, 7) is -0.645. The molecule has 1 aliphatic rings. The molecule has 0 saturated carbocycles. The van der Waals surface area contributed by atoms with Crippen molar-refractivity contribution in [1.82, 2.24) is 19.1 Å². The maximum Gasteiger partial charge on any atom is 0.263 e. The van der Waals surface area contributed by atoms with Gasteiger partial charge in [0.2, 0.25) is 17.7 Å². The van der Waals surface area contributed by atoms with Crippen LogP contribution in [0.2, 0.25) is 5.02 Å². The Kier molecular flexibility index (Phi) is 7.74. The van der Waals surface area contributed by atoms with Crippen molar-refractivity contribution in [1.29, 1.82) is 0 Å². The molecule has 1 aliphatic heterocycles. The van der Waals surface area contributed by atoms with Gasteiger partial charge in [-0.05, 0) is 6.07 Å². The van der Waals surface area contributed by atoms with E-state index in [9.17, 15) is 32.7 Å². The van der Waals surface area contributed by atoms with E-state index in [0.717, 1.165) is 27.7 Å². The molecule has 4 aromatic rings. The number of nitrogens with one attached hydrogen (secondary N) is 1. The summed E-state index contributed by atoms with van der Waals surface area (Å²) in [4.78, 5) is 47.2. The number of methoxy groups -OCH3 is 1. The second kappa shape index (κ2) is 11.2. The number of pyridine rings is 1. The second-order valence-corrected chi connectivity index (χ2v) is 10.1. The van der Waals surface area contributed by atoms with Crippen LogP contribution in [0.5, 0.6) is 5.75 Å². The molecule has 226 valence electrons. The van der Waals surface area contributed by atoms with Crippen LogP contribution in [0.3, 0.4) is 0 Å². The summed E-state index contributed by atoms with van der Waals surface area (Å²) in [6.07, 6.45) is 0.135. The predicted octanol–water partition coefficient (Wildman–Crippen LogP) is 2.48. The first-order chi connectivity index (χ1) is 20.3. The molecule has 12 nitrogen and oxygen atoms in total. The van der Waals surface area contributed by atoms with E-state index in [1.165, 1.54) is 25.1 Å². The number of hydrogen-bond donors (Lipinski definition) is 3. The minimum Gasteiger partial charge on any atom is -0.504 e. The van der Waals surface area contributed by atoms with E-state index >= 15 is 4.39 Å². The van der Waals surface area contributed by atoms with Crippen molar-refractivity contribution in [3.63, 3.8) is 0 Å². The molecule has 43 heavy (non-hydrogen) atoms. The number of primary amides is 1. The number of nitrogens with two attached hydrogens (primary N) is 1. The number of halogens is 5. The lowest BCUT2D eigenvalue weighted by molar-refractivity contribution is -0.116. The normalized spacial score (nSPS) is 16.7. The number of carbonyl (C=O) groups excluding carboxylic acids is 2. The first-order valence-corrected chi connectivity index (χ1v) is 12.8. The monoisotopic (exact) mass is 623 g/mol. The number of nitrogens with zero attached hydrogens (tertiary/aromatic N) is 5. The Morgan fingerprint density at radius 1 is 1.21 bits per heavy atom. The third kappa shape index (κ3) is 5.23. The third-order valence-electron chi connectivity index (χ3n) is 6.99.